The van der Waals surface area contributed by atoms with Gasteiger partial charge in [0.2, 0.25) is 5.91 Å². The zero-order valence-electron chi connectivity index (χ0n) is 14.5. The average Bonchev–Trinajstić information content (AvgIpc) is 2.98. The van der Waals surface area contributed by atoms with E-state index in [-0.39, 0.29) is 5.82 Å². The van der Waals surface area contributed by atoms with Crippen molar-refractivity contribution in [3.05, 3.63) is 42.7 Å². The molecule has 1 aromatic heterocycles. The maximum Gasteiger partial charge on any atom is 0.321 e. The topological polar surface area (TPSA) is 88.9 Å². The predicted molar refractivity (Wildman–Crippen MR) is 98.1 cm³/mol. The van der Waals surface area contributed by atoms with Gasteiger partial charge in [-0.3, -0.25) is 14.7 Å². The highest BCUT2D eigenvalue weighted by atomic mass is 32.2. The third-order valence-corrected chi connectivity index (χ3v) is 4.44. The SMILES string of the molecule is C=CCn1c(S[C@H](C)C(=O)NC(=O)NCC)nnc1-c1ccc(F)cc1. The molecule has 138 valence electrons. The minimum absolute atomic E-state index is 0.339. The van der Waals surface area contributed by atoms with E-state index < -0.39 is 17.2 Å². The third kappa shape index (κ3) is 4.92. The summed E-state index contributed by atoms with van der Waals surface area (Å²) in [6.45, 7) is 8.00. The van der Waals surface area contributed by atoms with E-state index in [4.69, 9.17) is 0 Å². The Morgan fingerprint density at radius 2 is 2.04 bits per heavy atom. The number of nitrogens with one attached hydrogen (secondary N) is 2. The molecule has 1 atom stereocenters. The molecule has 0 aliphatic carbocycles. The number of aromatic nitrogens is 3. The van der Waals surface area contributed by atoms with E-state index in [9.17, 15) is 14.0 Å². The maximum atomic E-state index is 13.1. The lowest BCUT2D eigenvalue weighted by Gasteiger charge is -2.12. The van der Waals surface area contributed by atoms with Crippen molar-refractivity contribution in [2.45, 2.75) is 30.8 Å². The van der Waals surface area contributed by atoms with Gasteiger partial charge in [-0.05, 0) is 38.1 Å². The Hall–Kier alpha value is -2.68. The maximum absolute atomic E-state index is 13.1. The van der Waals surface area contributed by atoms with Crippen LogP contribution < -0.4 is 10.6 Å². The summed E-state index contributed by atoms with van der Waals surface area (Å²) in [6.07, 6.45) is 1.68. The highest BCUT2D eigenvalue weighted by molar-refractivity contribution is 8.00. The number of thioether (sulfide) groups is 1. The molecule has 2 N–H and O–H groups in total. The van der Waals surface area contributed by atoms with E-state index in [1.54, 1.807) is 36.6 Å². The van der Waals surface area contributed by atoms with Crippen molar-refractivity contribution in [2.24, 2.45) is 0 Å². The molecule has 0 saturated heterocycles. The standard InChI is InChI=1S/C17H20FN5O2S/c1-4-10-23-14(12-6-8-13(18)9-7-12)21-22-17(23)26-11(3)15(24)20-16(25)19-5-2/h4,6-9,11H,1,5,10H2,2-3H3,(H2,19,20,24,25)/t11-/m1/s1. The van der Waals surface area contributed by atoms with Crippen molar-refractivity contribution in [1.29, 1.82) is 0 Å². The lowest BCUT2D eigenvalue weighted by molar-refractivity contribution is -0.119. The third-order valence-electron chi connectivity index (χ3n) is 3.36. The fourth-order valence-electron chi connectivity index (χ4n) is 2.11. The van der Waals surface area contributed by atoms with Gasteiger partial charge in [0.1, 0.15) is 5.82 Å². The number of benzene rings is 1. The number of allylic oxidation sites excluding steroid dienone is 1. The molecule has 2 aromatic rings. The highest BCUT2D eigenvalue weighted by Crippen LogP contribution is 2.27. The Morgan fingerprint density at radius 1 is 1.35 bits per heavy atom. The van der Waals surface area contributed by atoms with Crippen LogP contribution in [-0.4, -0.2) is 38.5 Å². The van der Waals surface area contributed by atoms with Crippen LogP contribution in [0, 0.1) is 5.82 Å². The Morgan fingerprint density at radius 3 is 2.65 bits per heavy atom. The highest BCUT2D eigenvalue weighted by Gasteiger charge is 2.21. The summed E-state index contributed by atoms with van der Waals surface area (Å²) in [5, 5.41) is 13.0. The molecule has 0 spiro atoms. The number of halogens is 1. The minimum Gasteiger partial charge on any atom is -0.338 e. The molecule has 0 aliphatic heterocycles. The normalized spacial score (nSPS) is 11.7. The molecule has 0 saturated carbocycles. The lowest BCUT2D eigenvalue weighted by atomic mass is 10.2. The molecule has 7 nitrogen and oxygen atoms in total. The quantitative estimate of drug-likeness (QED) is 0.572. The van der Waals surface area contributed by atoms with Crippen molar-refractivity contribution in [2.75, 3.05) is 6.54 Å². The zero-order chi connectivity index (χ0) is 19.1. The Balaban J connectivity index is 2.18. The summed E-state index contributed by atoms with van der Waals surface area (Å²) in [5.74, 6) is -0.227. The first-order chi connectivity index (χ1) is 12.5. The number of hydrogen-bond acceptors (Lipinski definition) is 5. The van der Waals surface area contributed by atoms with Crippen LogP contribution in [0.2, 0.25) is 0 Å². The van der Waals surface area contributed by atoms with Gasteiger partial charge in [-0.2, -0.15) is 0 Å². The summed E-state index contributed by atoms with van der Waals surface area (Å²) < 4.78 is 14.9. The summed E-state index contributed by atoms with van der Waals surface area (Å²) in [7, 11) is 0. The van der Waals surface area contributed by atoms with Gasteiger partial charge in [0.05, 0.1) is 5.25 Å². The monoisotopic (exact) mass is 377 g/mol. The molecule has 1 aromatic carbocycles. The van der Waals surface area contributed by atoms with Gasteiger partial charge in [0.25, 0.3) is 0 Å². The first-order valence-corrected chi connectivity index (χ1v) is 8.89. The van der Waals surface area contributed by atoms with E-state index in [0.717, 1.165) is 0 Å². The van der Waals surface area contributed by atoms with E-state index in [1.807, 2.05) is 0 Å². The molecule has 0 radical (unpaired) electrons. The van der Waals surface area contributed by atoms with Gasteiger partial charge in [-0.1, -0.05) is 17.8 Å². The first kappa shape index (κ1) is 19.6. The Kier molecular flexibility index (Phi) is 6.90. The second-order valence-corrected chi connectivity index (χ2v) is 6.63. The van der Waals surface area contributed by atoms with Crippen LogP contribution in [0.4, 0.5) is 9.18 Å². The van der Waals surface area contributed by atoms with Gasteiger partial charge < -0.3 is 5.32 Å². The number of imide groups is 1. The van der Waals surface area contributed by atoms with Crippen LogP contribution in [0.5, 0.6) is 0 Å². The predicted octanol–water partition coefficient (Wildman–Crippen LogP) is 2.60. The summed E-state index contributed by atoms with van der Waals surface area (Å²) in [4.78, 5) is 23.6. The number of urea groups is 1. The fourth-order valence-corrected chi connectivity index (χ4v) is 2.97. The van der Waals surface area contributed by atoms with Crippen molar-refractivity contribution in [1.82, 2.24) is 25.4 Å². The van der Waals surface area contributed by atoms with E-state index in [2.05, 4.69) is 27.4 Å². The number of carbonyl (C=O) groups is 2. The fraction of sp³-hybridized carbons (Fsp3) is 0.294. The smallest absolute Gasteiger partial charge is 0.321 e. The summed E-state index contributed by atoms with van der Waals surface area (Å²) in [5.41, 5.74) is 0.701. The second kappa shape index (κ2) is 9.14. The molecule has 0 bridgehead atoms. The second-order valence-electron chi connectivity index (χ2n) is 5.32. The van der Waals surface area contributed by atoms with E-state index in [0.29, 0.717) is 29.6 Å². The molecule has 2 rings (SSSR count). The van der Waals surface area contributed by atoms with E-state index >= 15 is 0 Å². The molecule has 0 fully saturated rings. The van der Waals surface area contributed by atoms with Crippen LogP contribution in [0.1, 0.15) is 13.8 Å². The molecular weight excluding hydrogens is 357 g/mol. The van der Waals surface area contributed by atoms with Gasteiger partial charge in [0.15, 0.2) is 11.0 Å². The number of rotatable bonds is 7. The van der Waals surface area contributed by atoms with Crippen molar-refractivity contribution in [3.63, 3.8) is 0 Å². The zero-order valence-corrected chi connectivity index (χ0v) is 15.3. The molecule has 1 heterocycles. The van der Waals surface area contributed by atoms with Crippen LogP contribution in [0.25, 0.3) is 11.4 Å². The number of nitrogens with zero attached hydrogens (tertiary/aromatic N) is 3. The largest absolute Gasteiger partial charge is 0.338 e. The molecule has 0 unspecified atom stereocenters. The lowest BCUT2D eigenvalue weighted by Crippen LogP contribution is -2.42. The van der Waals surface area contributed by atoms with Gasteiger partial charge in [0, 0.05) is 18.7 Å². The van der Waals surface area contributed by atoms with Crippen LogP contribution in [0.15, 0.2) is 42.1 Å². The minimum atomic E-state index is -0.563. The molecule has 0 aliphatic rings. The first-order valence-electron chi connectivity index (χ1n) is 8.01. The van der Waals surface area contributed by atoms with Crippen LogP contribution in [-0.2, 0) is 11.3 Å². The Bertz CT molecular complexity index is 791. The van der Waals surface area contributed by atoms with Crippen LogP contribution in [0.3, 0.4) is 0 Å². The number of hydrogen-bond donors (Lipinski definition) is 2. The number of amides is 3. The molecule has 26 heavy (non-hydrogen) atoms. The summed E-state index contributed by atoms with van der Waals surface area (Å²) >= 11 is 1.17. The van der Waals surface area contributed by atoms with Crippen molar-refractivity contribution in [3.8, 4) is 11.4 Å². The average molecular weight is 377 g/mol. The molecule has 9 heteroatoms. The van der Waals surface area contributed by atoms with Crippen LogP contribution >= 0.6 is 11.8 Å². The molecule has 3 amide bonds. The molecular formula is C17H20FN5O2S. The van der Waals surface area contributed by atoms with Gasteiger partial charge >= 0.3 is 6.03 Å². The van der Waals surface area contributed by atoms with Crippen molar-refractivity contribution < 1.29 is 14.0 Å². The number of carbonyl (C=O) groups excluding carboxylic acids is 2. The van der Waals surface area contributed by atoms with Crippen molar-refractivity contribution >= 4 is 23.7 Å². The Labute approximate surface area is 155 Å². The summed E-state index contributed by atoms with van der Waals surface area (Å²) in [6, 6.07) is 5.37. The van der Waals surface area contributed by atoms with E-state index in [1.165, 1.54) is 23.9 Å². The van der Waals surface area contributed by atoms with Gasteiger partial charge in [-0.25, -0.2) is 9.18 Å². The van der Waals surface area contributed by atoms with Gasteiger partial charge in [-0.15, -0.1) is 16.8 Å².